The van der Waals surface area contributed by atoms with E-state index in [4.69, 9.17) is 16.3 Å². The fourth-order valence-corrected chi connectivity index (χ4v) is 2.24. The average molecular weight is 286 g/mol. The maximum absolute atomic E-state index is 5.99. The zero-order valence-electron chi connectivity index (χ0n) is 11.8. The molecule has 2 atom stereocenters. The lowest BCUT2D eigenvalue weighted by Crippen LogP contribution is -2.49. The number of rotatable bonds is 3. The Balaban J connectivity index is 2.32. The largest absolute Gasteiger partial charge is 0.375 e. The Morgan fingerprint density at radius 3 is 2.74 bits per heavy atom. The minimum Gasteiger partial charge on any atom is -0.375 e. The molecule has 0 amide bonds. The van der Waals surface area contributed by atoms with Crippen molar-refractivity contribution < 1.29 is 4.74 Å². The minimum absolute atomic E-state index is 0.168. The molecule has 19 heavy (non-hydrogen) atoms. The van der Waals surface area contributed by atoms with Crippen molar-refractivity contribution in [3.63, 3.8) is 0 Å². The number of hydrogen-bond donors (Lipinski definition) is 0. The molecule has 0 saturated carbocycles. The van der Waals surface area contributed by atoms with E-state index in [9.17, 15) is 0 Å². The summed E-state index contributed by atoms with van der Waals surface area (Å²) in [5, 5.41) is 0.225. The molecule has 106 valence electrons. The number of halogens is 1. The number of hydrogen-bond acceptors (Lipinski definition) is 6. The van der Waals surface area contributed by atoms with Gasteiger partial charge in [-0.05, 0) is 24.9 Å². The molecule has 1 aliphatic heterocycles. The number of aromatic nitrogens is 3. The monoisotopic (exact) mass is 285 g/mol. The van der Waals surface area contributed by atoms with Gasteiger partial charge in [0.1, 0.15) is 0 Å². The van der Waals surface area contributed by atoms with Crippen LogP contribution >= 0.6 is 11.6 Å². The quantitative estimate of drug-likeness (QED) is 0.841. The topological polar surface area (TPSA) is 54.4 Å². The maximum atomic E-state index is 5.99. The van der Waals surface area contributed by atoms with Crippen molar-refractivity contribution in [3.05, 3.63) is 5.28 Å². The van der Waals surface area contributed by atoms with Gasteiger partial charge in [-0.1, -0.05) is 6.92 Å². The molecule has 0 bridgehead atoms. The van der Waals surface area contributed by atoms with Gasteiger partial charge in [0.25, 0.3) is 0 Å². The molecular formula is C12H20ClN5O. The van der Waals surface area contributed by atoms with Gasteiger partial charge in [-0.2, -0.15) is 15.0 Å². The van der Waals surface area contributed by atoms with Crippen molar-refractivity contribution in [2.45, 2.75) is 32.4 Å². The van der Waals surface area contributed by atoms with Gasteiger partial charge in [0.2, 0.25) is 17.2 Å². The van der Waals surface area contributed by atoms with Crippen LogP contribution in [0.5, 0.6) is 0 Å². The van der Waals surface area contributed by atoms with Gasteiger partial charge in [-0.25, -0.2) is 0 Å². The van der Waals surface area contributed by atoms with Crippen LogP contribution in [0.3, 0.4) is 0 Å². The second-order valence-electron chi connectivity index (χ2n) is 4.96. The molecule has 0 aromatic carbocycles. The molecule has 2 heterocycles. The predicted octanol–water partition coefficient (Wildman–Crippen LogP) is 1.59. The molecule has 1 aromatic heterocycles. The Kier molecular flexibility index (Phi) is 4.42. The predicted molar refractivity (Wildman–Crippen MR) is 76.0 cm³/mol. The van der Waals surface area contributed by atoms with Gasteiger partial charge in [-0.3, -0.25) is 0 Å². The first-order chi connectivity index (χ1) is 9.01. The van der Waals surface area contributed by atoms with Crippen molar-refractivity contribution in [1.29, 1.82) is 0 Å². The normalized spacial score (nSPS) is 23.5. The highest BCUT2D eigenvalue weighted by molar-refractivity contribution is 6.28. The smallest absolute Gasteiger partial charge is 0.231 e. The van der Waals surface area contributed by atoms with Gasteiger partial charge in [0.15, 0.2) is 0 Å². The Morgan fingerprint density at radius 2 is 2.11 bits per heavy atom. The fourth-order valence-electron chi connectivity index (χ4n) is 2.09. The van der Waals surface area contributed by atoms with Gasteiger partial charge in [-0.15, -0.1) is 0 Å². The summed E-state index contributed by atoms with van der Waals surface area (Å²) in [6.45, 7) is 5.64. The summed E-state index contributed by atoms with van der Waals surface area (Å²) in [6, 6.07) is 0.282. The highest BCUT2D eigenvalue weighted by atomic mass is 35.5. The molecule has 1 fully saturated rings. The van der Waals surface area contributed by atoms with E-state index >= 15 is 0 Å². The van der Waals surface area contributed by atoms with Gasteiger partial charge >= 0.3 is 0 Å². The molecule has 0 radical (unpaired) electrons. The zero-order chi connectivity index (χ0) is 14.0. The van der Waals surface area contributed by atoms with E-state index in [1.807, 2.05) is 19.0 Å². The van der Waals surface area contributed by atoms with Crippen LogP contribution in [-0.4, -0.2) is 54.3 Å². The van der Waals surface area contributed by atoms with Gasteiger partial charge in [0, 0.05) is 20.6 Å². The Labute approximate surface area is 118 Å². The number of ether oxygens (including phenoxy) is 1. The molecule has 1 aromatic rings. The summed E-state index contributed by atoms with van der Waals surface area (Å²) < 4.78 is 5.68. The molecule has 2 unspecified atom stereocenters. The number of morpholine rings is 1. The van der Waals surface area contributed by atoms with Crippen molar-refractivity contribution in [1.82, 2.24) is 15.0 Å². The van der Waals surface area contributed by atoms with Gasteiger partial charge in [0.05, 0.1) is 18.8 Å². The van der Waals surface area contributed by atoms with Crippen LogP contribution in [0.1, 0.15) is 20.3 Å². The summed E-state index contributed by atoms with van der Waals surface area (Å²) in [5.41, 5.74) is 0. The van der Waals surface area contributed by atoms with E-state index in [0.717, 1.165) is 13.0 Å². The van der Waals surface area contributed by atoms with E-state index < -0.39 is 0 Å². The fraction of sp³-hybridized carbons (Fsp3) is 0.750. The minimum atomic E-state index is 0.168. The first kappa shape index (κ1) is 14.3. The van der Waals surface area contributed by atoms with E-state index in [0.29, 0.717) is 18.5 Å². The first-order valence-electron chi connectivity index (χ1n) is 6.48. The van der Waals surface area contributed by atoms with Crippen molar-refractivity contribution >= 4 is 23.5 Å². The highest BCUT2D eigenvalue weighted by Crippen LogP contribution is 2.22. The number of anilines is 2. The van der Waals surface area contributed by atoms with Crippen LogP contribution in [-0.2, 0) is 4.74 Å². The van der Waals surface area contributed by atoms with Crippen LogP contribution in [0.2, 0.25) is 5.28 Å². The van der Waals surface area contributed by atoms with E-state index in [1.165, 1.54) is 0 Å². The third kappa shape index (κ3) is 3.25. The SMILES string of the molecule is CCC1COC(C)CN1c1nc(Cl)nc(N(C)C)n1. The van der Waals surface area contributed by atoms with Crippen molar-refractivity contribution in [2.24, 2.45) is 0 Å². The Morgan fingerprint density at radius 1 is 1.37 bits per heavy atom. The molecule has 1 aliphatic rings. The molecule has 2 rings (SSSR count). The van der Waals surface area contributed by atoms with Crippen LogP contribution in [0.25, 0.3) is 0 Å². The van der Waals surface area contributed by atoms with Crippen molar-refractivity contribution in [3.8, 4) is 0 Å². The molecule has 1 saturated heterocycles. The van der Waals surface area contributed by atoms with Crippen LogP contribution in [0.15, 0.2) is 0 Å². The summed E-state index contributed by atoms with van der Waals surface area (Å²) in [5.74, 6) is 1.20. The Bertz CT molecular complexity index is 442. The molecule has 0 aliphatic carbocycles. The number of nitrogens with zero attached hydrogens (tertiary/aromatic N) is 5. The zero-order valence-corrected chi connectivity index (χ0v) is 12.6. The summed E-state index contributed by atoms with van der Waals surface area (Å²) in [7, 11) is 3.77. The van der Waals surface area contributed by atoms with E-state index in [2.05, 4.69) is 33.7 Å². The van der Waals surface area contributed by atoms with E-state index in [1.54, 1.807) is 0 Å². The van der Waals surface area contributed by atoms with E-state index in [-0.39, 0.29) is 17.4 Å². The third-order valence-corrected chi connectivity index (χ3v) is 3.35. The van der Waals surface area contributed by atoms with Crippen molar-refractivity contribution in [2.75, 3.05) is 37.0 Å². The second-order valence-corrected chi connectivity index (χ2v) is 5.30. The highest BCUT2D eigenvalue weighted by Gasteiger charge is 2.28. The van der Waals surface area contributed by atoms with Gasteiger partial charge < -0.3 is 14.5 Å². The second kappa shape index (κ2) is 5.88. The molecule has 0 N–H and O–H groups in total. The standard InChI is InChI=1S/C12H20ClN5O/c1-5-9-7-19-8(2)6-18(9)12-15-10(13)14-11(16-12)17(3)4/h8-9H,5-7H2,1-4H3. The molecule has 7 heteroatoms. The lowest BCUT2D eigenvalue weighted by atomic mass is 10.1. The molecule has 6 nitrogen and oxygen atoms in total. The Hall–Kier alpha value is -1.14. The molecular weight excluding hydrogens is 266 g/mol. The summed E-state index contributed by atoms with van der Waals surface area (Å²) in [4.78, 5) is 16.8. The van der Waals surface area contributed by atoms with Crippen LogP contribution in [0, 0.1) is 0 Å². The first-order valence-corrected chi connectivity index (χ1v) is 6.86. The lowest BCUT2D eigenvalue weighted by molar-refractivity contribution is 0.0292. The lowest BCUT2D eigenvalue weighted by Gasteiger charge is -2.38. The van der Waals surface area contributed by atoms with Crippen LogP contribution in [0.4, 0.5) is 11.9 Å². The molecule has 0 spiro atoms. The summed E-state index contributed by atoms with van der Waals surface area (Å²) in [6.07, 6.45) is 1.15. The summed E-state index contributed by atoms with van der Waals surface area (Å²) >= 11 is 5.99. The van der Waals surface area contributed by atoms with Crippen LogP contribution < -0.4 is 9.80 Å². The average Bonchev–Trinajstić information content (AvgIpc) is 2.37. The third-order valence-electron chi connectivity index (χ3n) is 3.18. The maximum Gasteiger partial charge on any atom is 0.231 e.